The number of fused-ring (bicyclic) bond motifs is 2. The summed E-state index contributed by atoms with van der Waals surface area (Å²) in [6, 6.07) is 1.28. The van der Waals surface area contributed by atoms with Crippen LogP contribution in [0.3, 0.4) is 0 Å². The first kappa shape index (κ1) is 16.0. The zero-order valence-electron chi connectivity index (χ0n) is 13.3. The second-order valence-corrected chi connectivity index (χ2v) is 7.21. The highest BCUT2D eigenvalue weighted by Gasteiger charge is 2.41. The summed E-state index contributed by atoms with van der Waals surface area (Å²) in [6.45, 7) is 1.43. The first-order chi connectivity index (χ1) is 10.7. The molecule has 3 rings (SSSR count). The van der Waals surface area contributed by atoms with E-state index < -0.39 is 0 Å². The number of nitrogens with one attached hydrogen (secondary N) is 2. The Labute approximate surface area is 138 Å². The van der Waals surface area contributed by atoms with E-state index in [1.807, 2.05) is 0 Å². The van der Waals surface area contributed by atoms with Crippen LogP contribution in [0.5, 0.6) is 0 Å². The van der Waals surface area contributed by atoms with E-state index in [2.05, 4.69) is 15.5 Å². The second kappa shape index (κ2) is 7.13. The number of hydrogen-bond donors (Lipinski definition) is 2. The van der Waals surface area contributed by atoms with Crippen molar-refractivity contribution in [2.75, 3.05) is 20.3 Å². The number of rotatable bonds is 5. The zero-order valence-corrected chi connectivity index (χ0v) is 14.2. The number of carbonyl (C=O) groups is 1. The van der Waals surface area contributed by atoms with Gasteiger partial charge in [-0.1, -0.05) is 0 Å². The molecule has 2 unspecified atom stereocenters. The van der Waals surface area contributed by atoms with E-state index >= 15 is 0 Å². The predicted octanol–water partition coefficient (Wildman–Crippen LogP) is 1.42. The summed E-state index contributed by atoms with van der Waals surface area (Å²) in [5.74, 6) is 0.576. The Morgan fingerprint density at radius 1 is 1.23 bits per heavy atom. The SMILES string of the molecule is COCCNC(=S)N1C2CCCC1CC(NC(=O)C1CC1)C2. The summed E-state index contributed by atoms with van der Waals surface area (Å²) in [4.78, 5) is 14.4. The summed E-state index contributed by atoms with van der Waals surface area (Å²) in [7, 11) is 1.70. The van der Waals surface area contributed by atoms with E-state index in [0.29, 0.717) is 30.7 Å². The Bertz CT molecular complexity index is 414. The molecule has 1 saturated carbocycles. The van der Waals surface area contributed by atoms with Gasteiger partial charge < -0.3 is 20.3 Å². The minimum Gasteiger partial charge on any atom is -0.383 e. The first-order valence-corrected chi connectivity index (χ1v) is 8.95. The van der Waals surface area contributed by atoms with Crippen LogP contribution in [0.15, 0.2) is 0 Å². The number of methoxy groups -OCH3 is 1. The second-order valence-electron chi connectivity index (χ2n) is 6.82. The van der Waals surface area contributed by atoms with E-state index in [4.69, 9.17) is 17.0 Å². The van der Waals surface area contributed by atoms with E-state index in [9.17, 15) is 4.79 Å². The van der Waals surface area contributed by atoms with Crippen LogP contribution in [-0.4, -0.2) is 54.3 Å². The molecule has 3 fully saturated rings. The predicted molar refractivity (Wildman–Crippen MR) is 89.6 cm³/mol. The molecule has 22 heavy (non-hydrogen) atoms. The van der Waals surface area contributed by atoms with Gasteiger partial charge in [0, 0.05) is 37.7 Å². The molecule has 0 radical (unpaired) electrons. The smallest absolute Gasteiger partial charge is 0.223 e. The maximum absolute atomic E-state index is 12.0. The minimum absolute atomic E-state index is 0.275. The molecular weight excluding hydrogens is 298 g/mol. The van der Waals surface area contributed by atoms with Crippen LogP contribution in [0.4, 0.5) is 0 Å². The number of ether oxygens (including phenoxy) is 1. The molecule has 2 aliphatic heterocycles. The molecule has 1 amide bonds. The van der Waals surface area contributed by atoms with Crippen molar-refractivity contribution in [2.45, 2.75) is 63.1 Å². The van der Waals surface area contributed by atoms with Crippen LogP contribution in [0.25, 0.3) is 0 Å². The lowest BCUT2D eigenvalue weighted by Gasteiger charge is -2.50. The summed E-state index contributed by atoms with van der Waals surface area (Å²) in [6.07, 6.45) is 7.84. The van der Waals surface area contributed by atoms with Gasteiger partial charge >= 0.3 is 0 Å². The Morgan fingerprint density at radius 3 is 2.50 bits per heavy atom. The molecule has 0 aromatic rings. The van der Waals surface area contributed by atoms with Crippen molar-refractivity contribution in [3.63, 3.8) is 0 Å². The third-order valence-electron chi connectivity index (χ3n) is 5.09. The largest absolute Gasteiger partial charge is 0.383 e. The summed E-state index contributed by atoms with van der Waals surface area (Å²) in [5, 5.41) is 7.44. The number of thiocarbonyl (C=S) groups is 1. The van der Waals surface area contributed by atoms with Crippen molar-refractivity contribution < 1.29 is 9.53 Å². The first-order valence-electron chi connectivity index (χ1n) is 8.54. The van der Waals surface area contributed by atoms with E-state index in [1.165, 1.54) is 19.3 Å². The fraction of sp³-hybridized carbons (Fsp3) is 0.875. The van der Waals surface area contributed by atoms with Crippen LogP contribution in [0, 0.1) is 5.92 Å². The van der Waals surface area contributed by atoms with Crippen molar-refractivity contribution in [1.82, 2.24) is 15.5 Å². The van der Waals surface area contributed by atoms with Crippen molar-refractivity contribution in [2.24, 2.45) is 5.92 Å². The molecular formula is C16H27N3O2S. The molecule has 2 heterocycles. The van der Waals surface area contributed by atoms with Crippen LogP contribution in [-0.2, 0) is 9.53 Å². The average molecular weight is 325 g/mol. The number of nitrogens with zero attached hydrogens (tertiary/aromatic N) is 1. The number of amides is 1. The van der Waals surface area contributed by atoms with Crippen molar-refractivity contribution in [3.8, 4) is 0 Å². The monoisotopic (exact) mass is 325 g/mol. The topological polar surface area (TPSA) is 53.6 Å². The molecule has 5 nitrogen and oxygen atoms in total. The fourth-order valence-corrected chi connectivity index (χ4v) is 4.25. The van der Waals surface area contributed by atoms with Crippen LogP contribution in [0.1, 0.15) is 44.9 Å². The van der Waals surface area contributed by atoms with Gasteiger partial charge in [0.25, 0.3) is 0 Å². The molecule has 2 atom stereocenters. The minimum atomic E-state index is 0.275. The molecule has 2 N–H and O–H groups in total. The highest BCUT2D eigenvalue weighted by molar-refractivity contribution is 7.80. The molecule has 6 heteroatoms. The standard InChI is InChI=1S/C16H27N3O2S/c1-21-8-7-17-16(22)19-13-3-2-4-14(19)10-12(9-13)18-15(20)11-5-6-11/h11-14H,2-10H2,1H3,(H,17,22)(H,18,20). The normalized spacial score (nSPS) is 30.8. The molecule has 2 bridgehead atoms. The van der Waals surface area contributed by atoms with Gasteiger partial charge in [0.05, 0.1) is 6.61 Å². The Kier molecular flexibility index (Phi) is 5.18. The Hall–Kier alpha value is -0.880. The third-order valence-corrected chi connectivity index (χ3v) is 5.44. The lowest BCUT2D eigenvalue weighted by Crippen LogP contribution is -2.61. The van der Waals surface area contributed by atoms with Gasteiger partial charge in [-0.25, -0.2) is 0 Å². The van der Waals surface area contributed by atoms with Gasteiger partial charge in [0.2, 0.25) is 5.91 Å². The van der Waals surface area contributed by atoms with Crippen LogP contribution < -0.4 is 10.6 Å². The molecule has 3 aliphatic rings. The van der Waals surface area contributed by atoms with E-state index in [-0.39, 0.29) is 5.91 Å². The summed E-state index contributed by atoms with van der Waals surface area (Å²) >= 11 is 5.59. The maximum Gasteiger partial charge on any atom is 0.223 e. The quantitative estimate of drug-likeness (QED) is 0.591. The number of hydrogen-bond acceptors (Lipinski definition) is 3. The summed E-state index contributed by atoms with van der Waals surface area (Å²) < 4.78 is 5.07. The zero-order chi connectivity index (χ0) is 15.5. The molecule has 1 aliphatic carbocycles. The van der Waals surface area contributed by atoms with Gasteiger partial charge in [-0.2, -0.15) is 0 Å². The number of carbonyl (C=O) groups excluding carboxylic acids is 1. The molecule has 0 aromatic carbocycles. The fourth-order valence-electron chi connectivity index (χ4n) is 3.85. The lowest BCUT2D eigenvalue weighted by atomic mass is 9.82. The highest BCUT2D eigenvalue weighted by Crippen LogP contribution is 2.35. The van der Waals surface area contributed by atoms with Crippen molar-refractivity contribution in [3.05, 3.63) is 0 Å². The number of piperidine rings is 2. The lowest BCUT2D eigenvalue weighted by molar-refractivity contribution is -0.123. The van der Waals surface area contributed by atoms with Gasteiger partial charge in [0.15, 0.2) is 5.11 Å². The maximum atomic E-state index is 12.0. The Morgan fingerprint density at radius 2 is 1.91 bits per heavy atom. The molecule has 0 aromatic heterocycles. The third kappa shape index (κ3) is 3.71. The van der Waals surface area contributed by atoms with Crippen LogP contribution in [0.2, 0.25) is 0 Å². The molecule has 0 spiro atoms. The van der Waals surface area contributed by atoms with Crippen LogP contribution >= 0.6 is 12.2 Å². The van der Waals surface area contributed by atoms with Crippen molar-refractivity contribution >= 4 is 23.2 Å². The summed E-state index contributed by atoms with van der Waals surface area (Å²) in [5.41, 5.74) is 0. The highest BCUT2D eigenvalue weighted by atomic mass is 32.1. The molecule has 2 saturated heterocycles. The van der Waals surface area contributed by atoms with E-state index in [0.717, 1.165) is 37.3 Å². The van der Waals surface area contributed by atoms with Gasteiger partial charge in [-0.3, -0.25) is 4.79 Å². The van der Waals surface area contributed by atoms with Gasteiger partial charge in [-0.15, -0.1) is 0 Å². The van der Waals surface area contributed by atoms with Gasteiger partial charge in [-0.05, 0) is 57.2 Å². The molecule has 124 valence electrons. The average Bonchev–Trinajstić information content (AvgIpc) is 3.31. The van der Waals surface area contributed by atoms with E-state index in [1.54, 1.807) is 7.11 Å². The van der Waals surface area contributed by atoms with Gasteiger partial charge in [0.1, 0.15) is 0 Å². The van der Waals surface area contributed by atoms with Crippen molar-refractivity contribution in [1.29, 1.82) is 0 Å². The Balaban J connectivity index is 1.55.